The minimum absolute atomic E-state index is 0.277. The topological polar surface area (TPSA) is 101 Å². The molecule has 6 heteroatoms. The van der Waals surface area contributed by atoms with Gasteiger partial charge in [-0.2, -0.15) is 0 Å². The number of nitrogens with one attached hydrogen (secondary N) is 2. The van der Waals surface area contributed by atoms with E-state index in [-0.39, 0.29) is 11.8 Å². The highest BCUT2D eigenvalue weighted by Crippen LogP contribution is 1.97. The van der Waals surface area contributed by atoms with Crippen LogP contribution < -0.4 is 16.4 Å². The molecule has 0 saturated heterocycles. The van der Waals surface area contributed by atoms with Crippen LogP contribution in [0, 0.1) is 0 Å². The number of nitrogens with two attached hydrogens (primary N) is 1. The third kappa shape index (κ3) is 5.33. The van der Waals surface area contributed by atoms with Crippen molar-refractivity contribution >= 4 is 17.7 Å². The number of carbonyl (C=O) groups excluding carboxylic acids is 3. The van der Waals surface area contributed by atoms with Gasteiger partial charge in [-0.1, -0.05) is 13.3 Å². The normalized spacial score (nSPS) is 13.7. The summed E-state index contributed by atoms with van der Waals surface area (Å²) in [5, 5.41) is 4.96. The number of hydrogen-bond donors (Lipinski definition) is 3. The Morgan fingerprint density at radius 1 is 1.25 bits per heavy atom. The van der Waals surface area contributed by atoms with E-state index >= 15 is 0 Å². The van der Waals surface area contributed by atoms with Gasteiger partial charge in [0.15, 0.2) is 0 Å². The molecule has 0 saturated carbocycles. The van der Waals surface area contributed by atoms with Gasteiger partial charge in [0.25, 0.3) is 0 Å². The molecule has 0 fully saturated rings. The molecule has 2 atom stereocenters. The first-order chi connectivity index (χ1) is 7.38. The maximum atomic E-state index is 11.6. The molecule has 0 heterocycles. The maximum Gasteiger partial charge on any atom is 0.243 e. The number of hydrogen-bond acceptors (Lipinski definition) is 3. The molecule has 0 aliphatic carbocycles. The third-order valence-corrected chi connectivity index (χ3v) is 2.06. The molecule has 4 N–H and O–H groups in total. The lowest BCUT2D eigenvalue weighted by Gasteiger charge is -2.18. The fraction of sp³-hybridized carbons (Fsp3) is 0.700. The minimum atomic E-state index is -0.736. The zero-order valence-corrected chi connectivity index (χ0v) is 9.87. The molecule has 0 aliphatic heterocycles. The van der Waals surface area contributed by atoms with E-state index in [2.05, 4.69) is 10.6 Å². The van der Waals surface area contributed by atoms with Crippen molar-refractivity contribution < 1.29 is 14.4 Å². The third-order valence-electron chi connectivity index (χ3n) is 2.06. The Balaban J connectivity index is 4.37. The molecule has 0 aromatic rings. The maximum absolute atomic E-state index is 11.6. The van der Waals surface area contributed by atoms with Gasteiger partial charge in [0.1, 0.15) is 12.1 Å². The van der Waals surface area contributed by atoms with Gasteiger partial charge in [-0.05, 0) is 13.3 Å². The molecule has 0 rings (SSSR count). The Hall–Kier alpha value is -1.59. The van der Waals surface area contributed by atoms with Gasteiger partial charge >= 0.3 is 0 Å². The van der Waals surface area contributed by atoms with E-state index in [1.54, 1.807) is 0 Å². The SMILES string of the molecule is CCC[C@@H](NC(C)=O)C(=O)N[C@H](C)C(N)=O. The molecular formula is C10H19N3O3. The fourth-order valence-corrected chi connectivity index (χ4v) is 1.19. The van der Waals surface area contributed by atoms with Crippen molar-refractivity contribution in [2.45, 2.75) is 45.7 Å². The summed E-state index contributed by atoms with van der Waals surface area (Å²) in [5.41, 5.74) is 5.02. The second-order valence-electron chi connectivity index (χ2n) is 3.67. The molecule has 6 nitrogen and oxygen atoms in total. The lowest BCUT2D eigenvalue weighted by molar-refractivity contribution is -0.130. The summed E-state index contributed by atoms with van der Waals surface area (Å²) in [6, 6.07) is -1.34. The van der Waals surface area contributed by atoms with Gasteiger partial charge in [0, 0.05) is 6.92 Å². The smallest absolute Gasteiger partial charge is 0.243 e. The zero-order chi connectivity index (χ0) is 12.7. The van der Waals surface area contributed by atoms with Crippen molar-refractivity contribution in [3.05, 3.63) is 0 Å². The quantitative estimate of drug-likeness (QED) is 0.560. The molecule has 92 valence electrons. The van der Waals surface area contributed by atoms with E-state index in [0.717, 1.165) is 6.42 Å². The van der Waals surface area contributed by atoms with Crippen molar-refractivity contribution in [1.29, 1.82) is 0 Å². The van der Waals surface area contributed by atoms with E-state index in [9.17, 15) is 14.4 Å². The number of primary amides is 1. The summed E-state index contributed by atoms with van der Waals surface area (Å²) in [4.78, 5) is 33.3. The lowest BCUT2D eigenvalue weighted by atomic mass is 10.1. The standard InChI is InChI=1S/C10H19N3O3/c1-4-5-8(13-7(3)14)10(16)12-6(2)9(11)15/h6,8H,4-5H2,1-3H3,(H2,11,15)(H,12,16)(H,13,14)/t6-,8-/m1/s1. The van der Waals surface area contributed by atoms with Crippen LogP contribution in [0.1, 0.15) is 33.6 Å². The fourth-order valence-electron chi connectivity index (χ4n) is 1.19. The highest BCUT2D eigenvalue weighted by molar-refractivity contribution is 5.90. The van der Waals surface area contributed by atoms with Crippen LogP contribution in [-0.4, -0.2) is 29.8 Å². The summed E-state index contributed by atoms with van der Waals surface area (Å²) in [6.07, 6.45) is 1.28. The van der Waals surface area contributed by atoms with Crippen molar-refractivity contribution in [2.24, 2.45) is 5.73 Å². The monoisotopic (exact) mass is 229 g/mol. The summed E-state index contributed by atoms with van der Waals surface area (Å²) >= 11 is 0. The van der Waals surface area contributed by atoms with Crippen molar-refractivity contribution in [3.8, 4) is 0 Å². The van der Waals surface area contributed by atoms with Crippen molar-refractivity contribution in [2.75, 3.05) is 0 Å². The molecule has 0 aromatic heterocycles. The first-order valence-corrected chi connectivity index (χ1v) is 5.25. The van der Waals surface area contributed by atoms with Crippen LogP contribution in [0.25, 0.3) is 0 Å². The van der Waals surface area contributed by atoms with Crippen LogP contribution in [0.15, 0.2) is 0 Å². The second-order valence-corrected chi connectivity index (χ2v) is 3.67. The van der Waals surface area contributed by atoms with Crippen LogP contribution in [0.3, 0.4) is 0 Å². The van der Waals surface area contributed by atoms with Crippen LogP contribution in [0.5, 0.6) is 0 Å². The second kappa shape index (κ2) is 6.81. The van der Waals surface area contributed by atoms with E-state index in [4.69, 9.17) is 5.73 Å². The molecule has 0 unspecified atom stereocenters. The Labute approximate surface area is 94.9 Å². The van der Waals surface area contributed by atoms with Crippen LogP contribution in [0.4, 0.5) is 0 Å². The molecular weight excluding hydrogens is 210 g/mol. The lowest BCUT2D eigenvalue weighted by Crippen LogP contribution is -2.51. The molecule has 0 radical (unpaired) electrons. The predicted octanol–water partition coefficient (Wildman–Crippen LogP) is -0.719. The minimum Gasteiger partial charge on any atom is -0.368 e. The summed E-state index contributed by atoms with van der Waals surface area (Å²) < 4.78 is 0. The molecule has 0 spiro atoms. The Morgan fingerprint density at radius 3 is 2.19 bits per heavy atom. The van der Waals surface area contributed by atoms with E-state index in [0.29, 0.717) is 6.42 Å². The highest BCUT2D eigenvalue weighted by atomic mass is 16.2. The molecule has 3 amide bonds. The number of carbonyl (C=O) groups is 3. The summed E-state index contributed by atoms with van der Waals surface area (Å²) in [5.74, 6) is -1.27. The Morgan fingerprint density at radius 2 is 1.81 bits per heavy atom. The van der Waals surface area contributed by atoms with Crippen LogP contribution in [0.2, 0.25) is 0 Å². The van der Waals surface area contributed by atoms with Crippen LogP contribution >= 0.6 is 0 Å². The van der Waals surface area contributed by atoms with Crippen LogP contribution in [-0.2, 0) is 14.4 Å². The Kier molecular flexibility index (Phi) is 6.14. The zero-order valence-electron chi connectivity index (χ0n) is 9.87. The van der Waals surface area contributed by atoms with Gasteiger partial charge in [-0.25, -0.2) is 0 Å². The predicted molar refractivity (Wildman–Crippen MR) is 59.3 cm³/mol. The molecule has 0 aliphatic rings. The number of rotatable bonds is 6. The average molecular weight is 229 g/mol. The van der Waals surface area contributed by atoms with Gasteiger partial charge < -0.3 is 16.4 Å². The van der Waals surface area contributed by atoms with Gasteiger partial charge in [0.2, 0.25) is 17.7 Å². The molecule has 16 heavy (non-hydrogen) atoms. The summed E-state index contributed by atoms with van der Waals surface area (Å²) in [7, 11) is 0. The highest BCUT2D eigenvalue weighted by Gasteiger charge is 2.21. The average Bonchev–Trinajstić information content (AvgIpc) is 2.16. The van der Waals surface area contributed by atoms with Crippen molar-refractivity contribution in [1.82, 2.24) is 10.6 Å². The van der Waals surface area contributed by atoms with E-state index < -0.39 is 18.0 Å². The van der Waals surface area contributed by atoms with Gasteiger partial charge in [-0.3, -0.25) is 14.4 Å². The number of amides is 3. The van der Waals surface area contributed by atoms with E-state index in [1.807, 2.05) is 6.92 Å². The van der Waals surface area contributed by atoms with E-state index in [1.165, 1.54) is 13.8 Å². The summed E-state index contributed by atoms with van der Waals surface area (Å²) in [6.45, 7) is 4.74. The molecule has 0 aromatic carbocycles. The van der Waals surface area contributed by atoms with Gasteiger partial charge in [0.05, 0.1) is 0 Å². The first kappa shape index (κ1) is 14.4. The largest absolute Gasteiger partial charge is 0.368 e. The van der Waals surface area contributed by atoms with Crippen molar-refractivity contribution in [3.63, 3.8) is 0 Å². The van der Waals surface area contributed by atoms with Gasteiger partial charge in [-0.15, -0.1) is 0 Å². The first-order valence-electron chi connectivity index (χ1n) is 5.25. The Bertz CT molecular complexity index is 278. The molecule has 0 bridgehead atoms.